The third-order valence-corrected chi connectivity index (χ3v) is 4.46. The van der Waals surface area contributed by atoms with Crippen molar-refractivity contribution in [2.45, 2.75) is 17.8 Å². The number of carbonyl (C=O) groups is 1. The first-order chi connectivity index (χ1) is 13.1. The highest BCUT2D eigenvalue weighted by atomic mass is 32.2. The van der Waals surface area contributed by atoms with Gasteiger partial charge in [0.25, 0.3) is 0 Å². The number of para-hydroxylation sites is 1. The van der Waals surface area contributed by atoms with E-state index in [0.717, 1.165) is 11.3 Å². The van der Waals surface area contributed by atoms with E-state index in [-0.39, 0.29) is 18.0 Å². The smallest absolute Gasteiger partial charge is 0.343 e. The molecule has 0 aliphatic rings. The zero-order valence-corrected chi connectivity index (χ0v) is 15.7. The Labute approximate surface area is 160 Å². The van der Waals surface area contributed by atoms with E-state index in [1.54, 1.807) is 14.0 Å². The Hall–Kier alpha value is -3.07. The number of rotatable bonds is 7. The van der Waals surface area contributed by atoms with E-state index in [2.05, 4.69) is 15.1 Å². The van der Waals surface area contributed by atoms with Crippen molar-refractivity contribution in [1.82, 2.24) is 15.1 Å². The zero-order chi connectivity index (χ0) is 19.2. The number of nitrogens with zero attached hydrogens (tertiary/aromatic N) is 3. The number of carbonyl (C=O) groups excluding carboxylic acids is 1. The summed E-state index contributed by atoms with van der Waals surface area (Å²) in [4.78, 5) is 20.0. The van der Waals surface area contributed by atoms with Gasteiger partial charge in [0.2, 0.25) is 0 Å². The topological polar surface area (TPSA) is 113 Å². The van der Waals surface area contributed by atoms with Gasteiger partial charge in [-0.15, -0.1) is 0 Å². The SMILES string of the molecule is CCOC(=O)c1cnc(SCc2cc(-c3ccccc3OC)no2)nc1N. The number of nitrogens with two attached hydrogens (primary N) is 1. The van der Waals surface area contributed by atoms with E-state index in [9.17, 15) is 4.79 Å². The first kappa shape index (κ1) is 18.7. The summed E-state index contributed by atoms with van der Waals surface area (Å²) in [5.41, 5.74) is 7.50. The van der Waals surface area contributed by atoms with Gasteiger partial charge in [-0.05, 0) is 19.1 Å². The fourth-order valence-corrected chi connectivity index (χ4v) is 3.01. The van der Waals surface area contributed by atoms with Gasteiger partial charge in [-0.1, -0.05) is 29.1 Å². The molecule has 8 nitrogen and oxygen atoms in total. The fraction of sp³-hybridized carbons (Fsp3) is 0.222. The summed E-state index contributed by atoms with van der Waals surface area (Å²) >= 11 is 1.32. The molecule has 0 spiro atoms. The second-order valence-electron chi connectivity index (χ2n) is 5.34. The maximum Gasteiger partial charge on any atom is 0.343 e. The van der Waals surface area contributed by atoms with Crippen LogP contribution in [0.5, 0.6) is 5.75 Å². The van der Waals surface area contributed by atoms with E-state index in [4.69, 9.17) is 19.7 Å². The lowest BCUT2D eigenvalue weighted by Gasteiger charge is -2.05. The third kappa shape index (κ3) is 4.37. The molecule has 1 aromatic carbocycles. The molecular formula is C18H18N4O4S. The summed E-state index contributed by atoms with van der Waals surface area (Å²) < 4.78 is 15.6. The van der Waals surface area contributed by atoms with Crippen LogP contribution in [0, 0.1) is 0 Å². The Bertz CT molecular complexity index is 945. The van der Waals surface area contributed by atoms with Gasteiger partial charge in [0.1, 0.15) is 28.6 Å². The van der Waals surface area contributed by atoms with Crippen LogP contribution in [0.2, 0.25) is 0 Å². The number of methoxy groups -OCH3 is 1. The summed E-state index contributed by atoms with van der Waals surface area (Å²) in [6.07, 6.45) is 1.36. The minimum absolute atomic E-state index is 0.0817. The van der Waals surface area contributed by atoms with E-state index in [1.165, 1.54) is 18.0 Å². The van der Waals surface area contributed by atoms with Crippen LogP contribution in [0.15, 0.2) is 46.2 Å². The van der Waals surface area contributed by atoms with Crippen LogP contribution in [0.1, 0.15) is 23.0 Å². The van der Waals surface area contributed by atoms with Crippen molar-refractivity contribution >= 4 is 23.5 Å². The van der Waals surface area contributed by atoms with Crippen LogP contribution >= 0.6 is 11.8 Å². The molecule has 3 aromatic rings. The number of hydrogen-bond donors (Lipinski definition) is 1. The van der Waals surface area contributed by atoms with Gasteiger partial charge in [0.15, 0.2) is 5.16 Å². The predicted molar refractivity (Wildman–Crippen MR) is 100 cm³/mol. The highest BCUT2D eigenvalue weighted by molar-refractivity contribution is 7.98. The maximum absolute atomic E-state index is 11.7. The van der Waals surface area contributed by atoms with Gasteiger partial charge in [-0.25, -0.2) is 14.8 Å². The monoisotopic (exact) mass is 386 g/mol. The minimum atomic E-state index is -0.539. The number of aromatic nitrogens is 3. The Kier molecular flexibility index (Phi) is 5.92. The zero-order valence-electron chi connectivity index (χ0n) is 14.8. The van der Waals surface area contributed by atoms with Gasteiger partial charge in [0, 0.05) is 17.8 Å². The summed E-state index contributed by atoms with van der Waals surface area (Å²) in [7, 11) is 1.61. The first-order valence-electron chi connectivity index (χ1n) is 8.13. The van der Waals surface area contributed by atoms with Crippen molar-refractivity contribution in [2.75, 3.05) is 19.5 Å². The molecule has 0 radical (unpaired) electrons. The number of benzene rings is 1. The van der Waals surface area contributed by atoms with Crippen LogP contribution in [-0.2, 0) is 10.5 Å². The van der Waals surface area contributed by atoms with Gasteiger partial charge in [-0.3, -0.25) is 0 Å². The Morgan fingerprint density at radius 3 is 2.89 bits per heavy atom. The van der Waals surface area contributed by atoms with Gasteiger partial charge < -0.3 is 19.7 Å². The van der Waals surface area contributed by atoms with Crippen LogP contribution in [0.3, 0.4) is 0 Å². The highest BCUT2D eigenvalue weighted by Crippen LogP contribution is 2.30. The molecule has 0 aliphatic carbocycles. The molecule has 2 aromatic heterocycles. The van der Waals surface area contributed by atoms with E-state index in [1.807, 2.05) is 30.3 Å². The van der Waals surface area contributed by atoms with Gasteiger partial charge >= 0.3 is 5.97 Å². The molecule has 9 heteroatoms. The fourth-order valence-electron chi connectivity index (χ4n) is 2.31. The average molecular weight is 386 g/mol. The van der Waals surface area contributed by atoms with Crippen LogP contribution < -0.4 is 10.5 Å². The van der Waals surface area contributed by atoms with Crippen LogP contribution in [0.25, 0.3) is 11.3 Å². The van der Waals surface area contributed by atoms with Crippen molar-refractivity contribution in [3.8, 4) is 17.0 Å². The lowest BCUT2D eigenvalue weighted by molar-refractivity contribution is 0.0526. The number of nitrogen functional groups attached to an aromatic ring is 1. The Morgan fingerprint density at radius 1 is 1.33 bits per heavy atom. The summed E-state index contributed by atoms with van der Waals surface area (Å²) in [6.45, 7) is 1.98. The molecule has 27 heavy (non-hydrogen) atoms. The van der Waals surface area contributed by atoms with Crippen molar-refractivity contribution < 1.29 is 18.8 Å². The second kappa shape index (κ2) is 8.54. The van der Waals surface area contributed by atoms with E-state index in [0.29, 0.717) is 22.4 Å². The minimum Gasteiger partial charge on any atom is -0.496 e. The lowest BCUT2D eigenvalue weighted by atomic mass is 10.1. The predicted octanol–water partition coefficient (Wildman–Crippen LogP) is 3.19. The van der Waals surface area contributed by atoms with Crippen molar-refractivity contribution in [3.05, 3.63) is 47.9 Å². The molecule has 0 saturated carbocycles. The number of anilines is 1. The maximum atomic E-state index is 11.7. The van der Waals surface area contributed by atoms with Gasteiger partial charge in [0.05, 0.1) is 19.5 Å². The quantitative estimate of drug-likeness (QED) is 0.371. The average Bonchev–Trinajstić information content (AvgIpc) is 3.15. The van der Waals surface area contributed by atoms with Crippen LogP contribution in [-0.4, -0.2) is 34.8 Å². The molecule has 0 amide bonds. The lowest BCUT2D eigenvalue weighted by Crippen LogP contribution is -2.10. The molecule has 0 fully saturated rings. The van der Waals surface area contributed by atoms with Crippen molar-refractivity contribution in [2.24, 2.45) is 0 Å². The number of ether oxygens (including phenoxy) is 2. The molecule has 0 atom stereocenters. The normalized spacial score (nSPS) is 10.6. The first-order valence-corrected chi connectivity index (χ1v) is 9.12. The van der Waals surface area contributed by atoms with E-state index >= 15 is 0 Å². The number of esters is 1. The molecule has 140 valence electrons. The molecule has 2 N–H and O–H groups in total. The largest absolute Gasteiger partial charge is 0.496 e. The standard InChI is InChI=1S/C18H18N4O4S/c1-3-25-17(23)13-9-20-18(21-16(13)19)27-10-11-8-14(22-26-11)12-6-4-5-7-15(12)24-2/h4-9H,3,10H2,1-2H3,(H2,19,20,21). The molecule has 0 saturated heterocycles. The Morgan fingerprint density at radius 2 is 2.15 bits per heavy atom. The summed E-state index contributed by atoms with van der Waals surface area (Å²) in [5.74, 6) is 1.37. The third-order valence-electron chi connectivity index (χ3n) is 3.58. The molecular weight excluding hydrogens is 368 g/mol. The summed E-state index contributed by atoms with van der Waals surface area (Å²) in [5, 5.41) is 4.51. The molecule has 2 heterocycles. The Balaban J connectivity index is 1.68. The molecule has 0 bridgehead atoms. The van der Waals surface area contributed by atoms with Crippen molar-refractivity contribution in [1.29, 1.82) is 0 Å². The van der Waals surface area contributed by atoms with Gasteiger partial charge in [-0.2, -0.15) is 0 Å². The highest BCUT2D eigenvalue weighted by Gasteiger charge is 2.15. The number of thioether (sulfide) groups is 1. The van der Waals surface area contributed by atoms with E-state index < -0.39 is 5.97 Å². The summed E-state index contributed by atoms with van der Waals surface area (Å²) in [6, 6.07) is 9.40. The molecule has 3 rings (SSSR count). The second-order valence-corrected chi connectivity index (χ2v) is 6.28. The van der Waals surface area contributed by atoms with Crippen molar-refractivity contribution in [3.63, 3.8) is 0 Å². The number of hydrogen-bond acceptors (Lipinski definition) is 9. The van der Waals surface area contributed by atoms with Crippen LogP contribution in [0.4, 0.5) is 5.82 Å². The molecule has 0 unspecified atom stereocenters. The molecule has 0 aliphatic heterocycles.